The Morgan fingerprint density at radius 2 is 1.70 bits per heavy atom. The highest BCUT2D eigenvalue weighted by molar-refractivity contribution is 7.89. The van der Waals surface area contributed by atoms with Crippen molar-refractivity contribution in [2.75, 3.05) is 11.9 Å². The fourth-order valence-electron chi connectivity index (χ4n) is 2.45. The number of rotatable bonds is 6. The fourth-order valence-corrected chi connectivity index (χ4v) is 3.87. The normalized spacial score (nSPS) is 11.9. The number of carbonyl (C=O) groups is 1. The van der Waals surface area contributed by atoms with E-state index in [0.29, 0.717) is 23.6 Å². The van der Waals surface area contributed by atoms with Crippen molar-refractivity contribution in [3.63, 3.8) is 0 Å². The third-order valence-corrected chi connectivity index (χ3v) is 5.33. The zero-order valence-corrected chi connectivity index (χ0v) is 17.1. The van der Waals surface area contributed by atoms with Crippen LogP contribution in [0.1, 0.15) is 43.6 Å². The minimum atomic E-state index is -3.64. The zero-order valence-electron chi connectivity index (χ0n) is 16.3. The topological polar surface area (TPSA) is 84.5 Å². The van der Waals surface area contributed by atoms with Crippen LogP contribution in [-0.2, 0) is 10.0 Å². The molecule has 2 N–H and O–H groups in total. The van der Waals surface area contributed by atoms with Crippen LogP contribution < -0.4 is 14.8 Å². The maximum absolute atomic E-state index is 12.5. The van der Waals surface area contributed by atoms with Crippen molar-refractivity contribution in [3.8, 4) is 5.75 Å². The van der Waals surface area contributed by atoms with E-state index in [1.165, 1.54) is 24.3 Å². The molecule has 0 aliphatic heterocycles. The van der Waals surface area contributed by atoms with Crippen molar-refractivity contribution in [2.24, 2.45) is 0 Å². The lowest BCUT2D eigenvalue weighted by Crippen LogP contribution is -2.40. The monoisotopic (exact) mass is 390 g/mol. The maximum Gasteiger partial charge on any atom is 0.255 e. The van der Waals surface area contributed by atoms with Gasteiger partial charge in [0.2, 0.25) is 10.0 Å². The molecule has 1 amide bonds. The lowest BCUT2D eigenvalue weighted by Gasteiger charge is -2.20. The van der Waals surface area contributed by atoms with Crippen molar-refractivity contribution < 1.29 is 17.9 Å². The Balaban J connectivity index is 2.19. The predicted octanol–water partition coefficient (Wildman–Crippen LogP) is 3.72. The molecule has 0 aromatic heterocycles. The van der Waals surface area contributed by atoms with Gasteiger partial charge >= 0.3 is 0 Å². The van der Waals surface area contributed by atoms with Crippen LogP contribution in [0.4, 0.5) is 5.69 Å². The van der Waals surface area contributed by atoms with Gasteiger partial charge in [-0.05, 0) is 76.6 Å². The Morgan fingerprint density at radius 1 is 1.07 bits per heavy atom. The van der Waals surface area contributed by atoms with E-state index >= 15 is 0 Å². The van der Waals surface area contributed by atoms with Crippen LogP contribution in [0.25, 0.3) is 0 Å². The van der Waals surface area contributed by atoms with Gasteiger partial charge in [-0.25, -0.2) is 13.1 Å². The number of hydrogen-bond donors (Lipinski definition) is 2. The van der Waals surface area contributed by atoms with Gasteiger partial charge in [0.15, 0.2) is 0 Å². The second kappa shape index (κ2) is 8.10. The summed E-state index contributed by atoms with van der Waals surface area (Å²) < 4.78 is 32.8. The molecule has 0 heterocycles. The van der Waals surface area contributed by atoms with Gasteiger partial charge < -0.3 is 10.1 Å². The molecule has 0 fully saturated rings. The number of hydrogen-bond acceptors (Lipinski definition) is 4. The highest BCUT2D eigenvalue weighted by atomic mass is 32.2. The number of carbonyl (C=O) groups excluding carboxylic acids is 1. The molecule has 0 atom stereocenters. The molecule has 146 valence electrons. The highest BCUT2D eigenvalue weighted by Crippen LogP contribution is 2.26. The van der Waals surface area contributed by atoms with E-state index < -0.39 is 15.6 Å². The van der Waals surface area contributed by atoms with E-state index in [1.54, 1.807) is 26.8 Å². The SMILES string of the molecule is CCOc1cc(C)ccc1NC(=O)c1ccc(S(=O)(=O)NC(C)(C)C)cc1. The largest absolute Gasteiger partial charge is 0.492 e. The molecule has 6 nitrogen and oxygen atoms in total. The molecule has 0 aliphatic rings. The van der Waals surface area contributed by atoms with Gasteiger partial charge in [-0.2, -0.15) is 0 Å². The molecule has 0 spiro atoms. The summed E-state index contributed by atoms with van der Waals surface area (Å²) in [4.78, 5) is 12.6. The predicted molar refractivity (Wildman–Crippen MR) is 107 cm³/mol. The molecule has 2 aromatic carbocycles. The van der Waals surface area contributed by atoms with Crippen molar-refractivity contribution in [2.45, 2.75) is 45.1 Å². The van der Waals surface area contributed by atoms with Crippen molar-refractivity contribution in [3.05, 3.63) is 53.6 Å². The van der Waals surface area contributed by atoms with Crippen molar-refractivity contribution >= 4 is 21.6 Å². The molecule has 2 aromatic rings. The van der Waals surface area contributed by atoms with Gasteiger partial charge in [0, 0.05) is 11.1 Å². The summed E-state index contributed by atoms with van der Waals surface area (Å²) in [5.41, 5.74) is 1.36. The van der Waals surface area contributed by atoms with Crippen LogP contribution in [-0.4, -0.2) is 26.5 Å². The molecule has 27 heavy (non-hydrogen) atoms. The van der Waals surface area contributed by atoms with Crippen LogP contribution in [0.15, 0.2) is 47.4 Å². The van der Waals surface area contributed by atoms with Gasteiger partial charge in [0.25, 0.3) is 5.91 Å². The second-order valence-corrected chi connectivity index (χ2v) is 8.95. The number of benzene rings is 2. The van der Waals surface area contributed by atoms with Gasteiger partial charge in [-0.3, -0.25) is 4.79 Å². The van der Waals surface area contributed by atoms with Crippen LogP contribution in [0.2, 0.25) is 0 Å². The van der Waals surface area contributed by atoms with E-state index in [4.69, 9.17) is 4.74 Å². The Bertz CT molecular complexity index is 914. The summed E-state index contributed by atoms with van der Waals surface area (Å²) in [5, 5.41) is 2.81. The Kier molecular flexibility index (Phi) is 6.28. The molecule has 0 unspecified atom stereocenters. The molecule has 2 rings (SSSR count). The molecule has 0 saturated heterocycles. The van der Waals surface area contributed by atoms with Crippen LogP contribution in [0, 0.1) is 6.92 Å². The molecule has 0 aliphatic carbocycles. The van der Waals surface area contributed by atoms with Gasteiger partial charge in [-0.1, -0.05) is 6.07 Å². The average Bonchev–Trinajstić information content (AvgIpc) is 2.55. The van der Waals surface area contributed by atoms with E-state index in [1.807, 2.05) is 26.0 Å². The first kappa shape index (κ1) is 20.9. The van der Waals surface area contributed by atoms with Crippen LogP contribution in [0.3, 0.4) is 0 Å². The minimum Gasteiger partial charge on any atom is -0.492 e. The molecule has 0 radical (unpaired) electrons. The molecule has 0 saturated carbocycles. The summed E-state index contributed by atoms with van der Waals surface area (Å²) in [6, 6.07) is 11.3. The Morgan fingerprint density at radius 3 is 2.26 bits per heavy atom. The second-order valence-electron chi connectivity index (χ2n) is 7.27. The third-order valence-electron chi connectivity index (χ3n) is 3.55. The summed E-state index contributed by atoms with van der Waals surface area (Å²) in [5.74, 6) is 0.256. The Hall–Kier alpha value is -2.38. The van der Waals surface area contributed by atoms with Crippen LogP contribution >= 0.6 is 0 Å². The number of nitrogens with one attached hydrogen (secondary N) is 2. The number of sulfonamides is 1. The smallest absolute Gasteiger partial charge is 0.255 e. The standard InChI is InChI=1S/C20H26N2O4S/c1-6-26-18-13-14(2)7-12-17(18)21-19(23)15-8-10-16(11-9-15)27(24,25)22-20(3,4)5/h7-13,22H,6H2,1-5H3,(H,21,23). The van der Waals surface area contributed by atoms with Crippen molar-refractivity contribution in [1.82, 2.24) is 4.72 Å². The first-order chi connectivity index (χ1) is 12.5. The third kappa shape index (κ3) is 5.80. The number of amides is 1. The lowest BCUT2D eigenvalue weighted by molar-refractivity contribution is 0.102. The Labute approximate surface area is 161 Å². The first-order valence-corrected chi connectivity index (χ1v) is 10.2. The van der Waals surface area contributed by atoms with Crippen LogP contribution in [0.5, 0.6) is 5.75 Å². The minimum absolute atomic E-state index is 0.110. The molecule has 0 bridgehead atoms. The number of ether oxygens (including phenoxy) is 1. The fraction of sp³-hybridized carbons (Fsp3) is 0.350. The molecule has 7 heteroatoms. The number of aryl methyl sites for hydroxylation is 1. The number of anilines is 1. The zero-order chi connectivity index (χ0) is 20.2. The van der Waals surface area contributed by atoms with Gasteiger partial charge in [0.1, 0.15) is 5.75 Å². The lowest BCUT2D eigenvalue weighted by atomic mass is 10.1. The molecular formula is C20H26N2O4S. The van der Waals surface area contributed by atoms with Gasteiger partial charge in [-0.15, -0.1) is 0 Å². The van der Waals surface area contributed by atoms with E-state index in [-0.39, 0.29) is 10.8 Å². The highest BCUT2D eigenvalue weighted by Gasteiger charge is 2.22. The summed E-state index contributed by atoms with van der Waals surface area (Å²) >= 11 is 0. The van der Waals surface area contributed by atoms with E-state index in [9.17, 15) is 13.2 Å². The van der Waals surface area contributed by atoms with E-state index in [0.717, 1.165) is 5.56 Å². The maximum atomic E-state index is 12.5. The summed E-state index contributed by atoms with van der Waals surface area (Å²) in [7, 11) is -3.64. The van der Waals surface area contributed by atoms with E-state index in [2.05, 4.69) is 10.0 Å². The average molecular weight is 391 g/mol. The van der Waals surface area contributed by atoms with Gasteiger partial charge in [0.05, 0.1) is 17.2 Å². The molecular weight excluding hydrogens is 364 g/mol. The summed E-state index contributed by atoms with van der Waals surface area (Å²) in [6.45, 7) is 9.61. The summed E-state index contributed by atoms with van der Waals surface area (Å²) in [6.07, 6.45) is 0. The van der Waals surface area contributed by atoms with Crippen molar-refractivity contribution in [1.29, 1.82) is 0 Å². The quantitative estimate of drug-likeness (QED) is 0.787. The first-order valence-electron chi connectivity index (χ1n) is 8.71.